The number of hydrazone groups is 1. The predicted octanol–water partition coefficient (Wildman–Crippen LogP) is 4.42. The SMILES string of the molecule is Cc1nn(-c2ccccc2)c(Cl)c1C=NNC(=O)CNc1cccc(C(F)(F)F)c1. The van der Waals surface area contributed by atoms with E-state index in [1.807, 2.05) is 30.3 Å². The highest BCUT2D eigenvalue weighted by Gasteiger charge is 2.30. The summed E-state index contributed by atoms with van der Waals surface area (Å²) in [7, 11) is 0. The molecule has 2 aromatic carbocycles. The normalized spacial score (nSPS) is 11.6. The summed E-state index contributed by atoms with van der Waals surface area (Å²) in [6, 6.07) is 13.9. The molecule has 6 nitrogen and oxygen atoms in total. The van der Waals surface area contributed by atoms with Crippen molar-refractivity contribution in [3.63, 3.8) is 0 Å². The van der Waals surface area contributed by atoms with Crippen molar-refractivity contribution < 1.29 is 18.0 Å². The number of hydrogen-bond donors (Lipinski definition) is 2. The van der Waals surface area contributed by atoms with Gasteiger partial charge in [-0.25, -0.2) is 10.1 Å². The fraction of sp³-hybridized carbons (Fsp3) is 0.150. The summed E-state index contributed by atoms with van der Waals surface area (Å²) in [4.78, 5) is 11.9. The zero-order chi connectivity index (χ0) is 21.7. The topological polar surface area (TPSA) is 71.3 Å². The minimum atomic E-state index is -4.45. The van der Waals surface area contributed by atoms with Crippen LogP contribution in [-0.2, 0) is 11.0 Å². The first kappa shape index (κ1) is 21.4. The summed E-state index contributed by atoms with van der Waals surface area (Å²) in [5, 5.41) is 11.2. The van der Waals surface area contributed by atoms with Crippen molar-refractivity contribution >= 4 is 29.4 Å². The molecule has 0 atom stereocenters. The number of rotatable bonds is 6. The van der Waals surface area contributed by atoms with E-state index in [2.05, 4.69) is 20.9 Å². The number of carbonyl (C=O) groups is 1. The number of benzene rings is 2. The van der Waals surface area contributed by atoms with Crippen molar-refractivity contribution in [2.24, 2.45) is 5.10 Å². The Balaban J connectivity index is 1.60. The van der Waals surface area contributed by atoms with Gasteiger partial charge in [-0.2, -0.15) is 23.4 Å². The maximum Gasteiger partial charge on any atom is 0.416 e. The minimum absolute atomic E-state index is 0.173. The van der Waals surface area contributed by atoms with E-state index in [4.69, 9.17) is 11.6 Å². The maximum atomic E-state index is 12.7. The van der Waals surface area contributed by atoms with Gasteiger partial charge in [0, 0.05) is 5.69 Å². The van der Waals surface area contributed by atoms with Gasteiger partial charge in [-0.15, -0.1) is 0 Å². The number of aryl methyl sites for hydroxylation is 1. The quantitative estimate of drug-likeness (QED) is 0.445. The molecule has 10 heteroatoms. The average molecular weight is 436 g/mol. The van der Waals surface area contributed by atoms with E-state index < -0.39 is 17.6 Å². The zero-order valence-electron chi connectivity index (χ0n) is 15.7. The van der Waals surface area contributed by atoms with Gasteiger partial charge in [0.25, 0.3) is 5.91 Å². The van der Waals surface area contributed by atoms with Crippen LogP contribution in [0.1, 0.15) is 16.8 Å². The van der Waals surface area contributed by atoms with Gasteiger partial charge in [-0.3, -0.25) is 4.79 Å². The van der Waals surface area contributed by atoms with E-state index in [9.17, 15) is 18.0 Å². The Morgan fingerprint density at radius 1 is 1.20 bits per heavy atom. The number of hydrogen-bond acceptors (Lipinski definition) is 4. The van der Waals surface area contributed by atoms with E-state index in [0.717, 1.165) is 17.8 Å². The van der Waals surface area contributed by atoms with Crippen LogP contribution >= 0.6 is 11.6 Å². The Hall–Kier alpha value is -3.33. The van der Waals surface area contributed by atoms with Gasteiger partial charge in [-0.05, 0) is 37.3 Å². The lowest BCUT2D eigenvalue weighted by Crippen LogP contribution is -2.26. The third-order valence-electron chi connectivity index (χ3n) is 4.07. The molecule has 0 spiro atoms. The number of aromatic nitrogens is 2. The molecule has 0 aliphatic carbocycles. The lowest BCUT2D eigenvalue weighted by atomic mass is 10.2. The number of nitrogens with zero attached hydrogens (tertiary/aromatic N) is 3. The Bertz CT molecular complexity index is 1060. The van der Waals surface area contributed by atoms with Crippen LogP contribution in [0.3, 0.4) is 0 Å². The van der Waals surface area contributed by atoms with Crippen molar-refractivity contribution in [1.82, 2.24) is 15.2 Å². The predicted molar refractivity (Wildman–Crippen MR) is 109 cm³/mol. The van der Waals surface area contributed by atoms with Crippen molar-refractivity contribution in [3.05, 3.63) is 76.6 Å². The highest BCUT2D eigenvalue weighted by molar-refractivity contribution is 6.32. The smallest absolute Gasteiger partial charge is 0.376 e. The molecule has 0 saturated heterocycles. The molecule has 0 radical (unpaired) electrons. The Morgan fingerprint density at radius 2 is 1.93 bits per heavy atom. The standard InChI is InChI=1S/C20H17ClF3N5O/c1-13-17(19(21)29(28-13)16-8-3-2-4-9-16)11-26-27-18(30)12-25-15-7-5-6-14(10-15)20(22,23)24/h2-11,25H,12H2,1H3,(H,27,30). The molecule has 0 saturated carbocycles. The third-order valence-corrected chi connectivity index (χ3v) is 4.44. The first-order valence-corrected chi connectivity index (χ1v) is 9.17. The highest BCUT2D eigenvalue weighted by atomic mass is 35.5. The summed E-state index contributed by atoms with van der Waals surface area (Å²) >= 11 is 6.36. The van der Waals surface area contributed by atoms with E-state index in [1.54, 1.807) is 11.6 Å². The molecule has 0 bridgehead atoms. The molecular formula is C20H17ClF3N5O. The molecule has 0 aliphatic heterocycles. The van der Waals surface area contributed by atoms with Gasteiger partial charge in [0.1, 0.15) is 5.15 Å². The first-order valence-electron chi connectivity index (χ1n) is 8.79. The molecule has 0 fully saturated rings. The fourth-order valence-electron chi connectivity index (χ4n) is 2.59. The second kappa shape index (κ2) is 9.00. The summed E-state index contributed by atoms with van der Waals surface area (Å²) in [5.41, 5.74) is 3.60. The van der Waals surface area contributed by atoms with E-state index >= 15 is 0 Å². The number of amides is 1. The van der Waals surface area contributed by atoms with Crippen LogP contribution in [0, 0.1) is 6.92 Å². The minimum Gasteiger partial charge on any atom is -0.376 e. The number of carbonyl (C=O) groups excluding carboxylic acids is 1. The molecule has 1 amide bonds. The van der Waals surface area contributed by atoms with Crippen LogP contribution in [0.25, 0.3) is 5.69 Å². The van der Waals surface area contributed by atoms with Gasteiger partial charge in [0.2, 0.25) is 0 Å². The number of anilines is 1. The van der Waals surface area contributed by atoms with Gasteiger partial charge < -0.3 is 5.32 Å². The van der Waals surface area contributed by atoms with Crippen LogP contribution in [0.2, 0.25) is 5.15 Å². The van der Waals surface area contributed by atoms with E-state index in [1.165, 1.54) is 18.3 Å². The lowest BCUT2D eigenvalue weighted by Gasteiger charge is -2.10. The molecule has 1 heterocycles. The number of alkyl halides is 3. The van der Waals surface area contributed by atoms with Crippen LogP contribution in [0.15, 0.2) is 59.7 Å². The second-order valence-corrected chi connectivity index (χ2v) is 6.62. The summed E-state index contributed by atoms with van der Waals surface area (Å²) in [6.07, 6.45) is -3.09. The summed E-state index contributed by atoms with van der Waals surface area (Å²) in [6.45, 7) is 1.50. The van der Waals surface area contributed by atoms with E-state index in [-0.39, 0.29) is 12.2 Å². The van der Waals surface area contributed by atoms with Gasteiger partial charge in [0.15, 0.2) is 0 Å². The van der Waals surface area contributed by atoms with Gasteiger partial charge >= 0.3 is 6.18 Å². The van der Waals surface area contributed by atoms with E-state index in [0.29, 0.717) is 16.4 Å². The van der Waals surface area contributed by atoms with Crippen LogP contribution in [0.5, 0.6) is 0 Å². The van der Waals surface area contributed by atoms with Crippen LogP contribution in [0.4, 0.5) is 18.9 Å². The summed E-state index contributed by atoms with van der Waals surface area (Å²) < 4.78 is 39.7. The van der Waals surface area contributed by atoms with Crippen molar-refractivity contribution in [2.75, 3.05) is 11.9 Å². The molecule has 3 aromatic rings. The monoisotopic (exact) mass is 435 g/mol. The van der Waals surface area contributed by atoms with Crippen molar-refractivity contribution in [3.8, 4) is 5.69 Å². The summed E-state index contributed by atoms with van der Waals surface area (Å²) in [5.74, 6) is -0.534. The van der Waals surface area contributed by atoms with Crippen LogP contribution < -0.4 is 10.7 Å². The van der Waals surface area contributed by atoms with Crippen molar-refractivity contribution in [1.29, 1.82) is 0 Å². The van der Waals surface area contributed by atoms with Crippen molar-refractivity contribution in [2.45, 2.75) is 13.1 Å². The number of nitrogens with one attached hydrogen (secondary N) is 2. The highest BCUT2D eigenvalue weighted by Crippen LogP contribution is 2.30. The Morgan fingerprint density at radius 3 is 2.63 bits per heavy atom. The molecule has 156 valence electrons. The lowest BCUT2D eigenvalue weighted by molar-refractivity contribution is -0.137. The Kier molecular flexibility index (Phi) is 6.41. The first-order chi connectivity index (χ1) is 14.3. The largest absolute Gasteiger partial charge is 0.416 e. The molecule has 1 aromatic heterocycles. The molecule has 0 unspecified atom stereocenters. The third kappa shape index (κ3) is 5.18. The molecular weight excluding hydrogens is 419 g/mol. The zero-order valence-corrected chi connectivity index (χ0v) is 16.5. The number of para-hydroxylation sites is 1. The Labute approximate surface area is 175 Å². The van der Waals surface area contributed by atoms with Gasteiger partial charge in [0.05, 0.1) is 35.3 Å². The molecule has 2 N–H and O–H groups in total. The van der Waals surface area contributed by atoms with Gasteiger partial charge in [-0.1, -0.05) is 35.9 Å². The average Bonchev–Trinajstić information content (AvgIpc) is 3.01. The van der Waals surface area contributed by atoms with Crippen LogP contribution in [-0.4, -0.2) is 28.4 Å². The molecule has 3 rings (SSSR count). The molecule has 0 aliphatic rings. The second-order valence-electron chi connectivity index (χ2n) is 6.26. The number of halogens is 4. The molecule has 30 heavy (non-hydrogen) atoms. The fourth-order valence-corrected chi connectivity index (χ4v) is 2.92. The maximum absolute atomic E-state index is 12.7.